The normalized spacial score (nSPS) is 18.8. The first-order valence-corrected chi connectivity index (χ1v) is 15.3. The monoisotopic (exact) mass is 569 g/mol. The third-order valence-corrected chi connectivity index (χ3v) is 10.1. The minimum atomic E-state index is -0.214. The Kier molecular flexibility index (Phi) is 7.06. The molecule has 0 saturated heterocycles. The highest BCUT2D eigenvalue weighted by atomic mass is 35.5. The van der Waals surface area contributed by atoms with Crippen LogP contribution in [0.2, 0.25) is 0 Å². The van der Waals surface area contributed by atoms with Crippen LogP contribution in [-0.4, -0.2) is 7.05 Å². The molecule has 2 aliphatic rings. The number of benzene rings is 4. The summed E-state index contributed by atoms with van der Waals surface area (Å²) >= 11 is 7.01. The molecule has 4 aromatic carbocycles. The quantitative estimate of drug-likeness (QED) is 0.216. The molecule has 0 bridgehead atoms. The van der Waals surface area contributed by atoms with Crippen molar-refractivity contribution in [1.82, 2.24) is 0 Å². The molecule has 6 rings (SSSR count). The van der Waals surface area contributed by atoms with Crippen LogP contribution in [0.25, 0.3) is 21.5 Å². The van der Waals surface area contributed by atoms with Crippen molar-refractivity contribution in [3.8, 4) is 0 Å². The molecule has 42 heavy (non-hydrogen) atoms. The van der Waals surface area contributed by atoms with Crippen molar-refractivity contribution in [2.24, 2.45) is 0 Å². The second kappa shape index (κ2) is 10.5. The van der Waals surface area contributed by atoms with Gasteiger partial charge in [-0.05, 0) is 86.9 Å². The molecule has 1 nitrogen and oxygen atoms in total. The van der Waals surface area contributed by atoms with E-state index in [1.165, 1.54) is 60.8 Å². The molecule has 212 valence electrons. The lowest BCUT2D eigenvalue weighted by molar-refractivity contribution is 0.643. The molecule has 2 heteroatoms. The van der Waals surface area contributed by atoms with Crippen molar-refractivity contribution in [2.75, 3.05) is 11.9 Å². The van der Waals surface area contributed by atoms with E-state index in [0.717, 1.165) is 23.4 Å². The summed E-state index contributed by atoms with van der Waals surface area (Å²) in [6.45, 7) is 15.9. The summed E-state index contributed by atoms with van der Waals surface area (Å²) in [5.41, 5.74) is 9.73. The van der Waals surface area contributed by atoms with Gasteiger partial charge >= 0.3 is 0 Å². The van der Waals surface area contributed by atoms with Crippen LogP contribution in [0.3, 0.4) is 0 Å². The maximum absolute atomic E-state index is 7.01. The molecular formula is C40H40ClN. The van der Waals surface area contributed by atoms with Gasteiger partial charge in [0.05, 0.1) is 0 Å². The van der Waals surface area contributed by atoms with Gasteiger partial charge in [-0.15, -0.1) is 0 Å². The number of fused-ring (bicyclic) bond motifs is 4. The molecule has 0 saturated carbocycles. The number of likely N-dealkylation sites (N-methyl/N-ethyl adjacent to an activating group) is 1. The Morgan fingerprint density at radius 3 is 2.26 bits per heavy atom. The first-order valence-electron chi connectivity index (χ1n) is 14.9. The largest absolute Gasteiger partial charge is 0.347 e. The maximum Gasteiger partial charge on any atom is 0.0470 e. The summed E-state index contributed by atoms with van der Waals surface area (Å²) < 4.78 is 0. The van der Waals surface area contributed by atoms with Crippen LogP contribution in [0.4, 0.5) is 5.69 Å². The number of anilines is 1. The van der Waals surface area contributed by atoms with E-state index in [0.29, 0.717) is 0 Å². The minimum Gasteiger partial charge on any atom is -0.347 e. The molecule has 0 fully saturated rings. The Labute approximate surface area is 256 Å². The highest BCUT2D eigenvalue weighted by molar-refractivity contribution is 6.33. The van der Waals surface area contributed by atoms with Gasteiger partial charge in [-0.25, -0.2) is 0 Å². The van der Waals surface area contributed by atoms with Crippen LogP contribution >= 0.6 is 11.6 Å². The number of rotatable bonds is 5. The summed E-state index contributed by atoms with van der Waals surface area (Å²) in [4.78, 5) is 2.34. The van der Waals surface area contributed by atoms with E-state index in [4.69, 9.17) is 11.6 Å². The van der Waals surface area contributed by atoms with E-state index in [1.54, 1.807) is 0 Å². The Hall–Kier alpha value is -3.81. The van der Waals surface area contributed by atoms with E-state index in [1.807, 2.05) is 0 Å². The van der Waals surface area contributed by atoms with E-state index < -0.39 is 0 Å². The number of nitrogens with zero attached hydrogens (tertiary/aromatic N) is 1. The second-order valence-corrected chi connectivity index (χ2v) is 13.3. The van der Waals surface area contributed by atoms with Crippen LogP contribution in [-0.2, 0) is 10.8 Å². The van der Waals surface area contributed by atoms with Crippen LogP contribution in [0, 0.1) is 6.92 Å². The third-order valence-electron chi connectivity index (χ3n) is 9.62. The van der Waals surface area contributed by atoms with Gasteiger partial charge in [0.2, 0.25) is 0 Å². The first-order chi connectivity index (χ1) is 20.0. The van der Waals surface area contributed by atoms with Gasteiger partial charge in [-0.3, -0.25) is 0 Å². The Morgan fingerprint density at radius 2 is 1.52 bits per heavy atom. The molecule has 0 unspecified atom stereocenters. The predicted molar refractivity (Wildman–Crippen MR) is 184 cm³/mol. The zero-order valence-electron chi connectivity index (χ0n) is 25.7. The highest BCUT2D eigenvalue weighted by Crippen LogP contribution is 2.50. The molecule has 0 atom stereocenters. The fourth-order valence-corrected chi connectivity index (χ4v) is 7.48. The Balaban J connectivity index is 1.28. The number of hydrogen-bond donors (Lipinski definition) is 0. The van der Waals surface area contributed by atoms with Gasteiger partial charge in [0.1, 0.15) is 0 Å². The second-order valence-electron chi connectivity index (χ2n) is 12.9. The standard InChI is InChI=1S/C40H40ClN/c1-26-16-18-28-12-8-10-14-32(28)36(26)39(3,4)27(2)17-19-30-20-21-31(38(30)41)23-25-35-40(5,6)37-33-15-11-9-13-29(33)22-24-34(37)42(35)7/h8-19,22-25H,2,20-21H2,1,3-7H3/b19-17+,31-23+,35-25+. The zero-order valence-corrected chi connectivity index (χ0v) is 26.4. The minimum absolute atomic E-state index is 0.109. The number of allylic oxidation sites excluding steroid dienone is 9. The van der Waals surface area contributed by atoms with Crippen molar-refractivity contribution in [3.05, 3.63) is 148 Å². The lowest BCUT2D eigenvalue weighted by Crippen LogP contribution is -2.22. The molecular weight excluding hydrogens is 530 g/mol. The highest BCUT2D eigenvalue weighted by Gasteiger charge is 2.39. The zero-order chi connectivity index (χ0) is 29.8. The molecule has 0 aromatic heterocycles. The topological polar surface area (TPSA) is 3.24 Å². The number of hydrogen-bond acceptors (Lipinski definition) is 1. The van der Waals surface area contributed by atoms with Crippen LogP contribution < -0.4 is 4.90 Å². The molecule has 4 aromatic rings. The van der Waals surface area contributed by atoms with Crippen LogP contribution in [0.15, 0.2) is 131 Å². The van der Waals surface area contributed by atoms with E-state index in [-0.39, 0.29) is 10.8 Å². The molecule has 1 aliphatic carbocycles. The SMILES string of the molecule is C=C(/C=C/C1=C(Cl)C(=C/C=C2/N(C)c3ccc4ccccc4c3C2(C)C)/CC1)C(C)(C)c1c(C)ccc2ccccc12. The molecule has 0 radical (unpaired) electrons. The summed E-state index contributed by atoms with van der Waals surface area (Å²) in [6.07, 6.45) is 10.8. The van der Waals surface area contributed by atoms with Gasteiger partial charge in [-0.2, -0.15) is 0 Å². The smallest absolute Gasteiger partial charge is 0.0470 e. The van der Waals surface area contributed by atoms with Crippen LogP contribution in [0.5, 0.6) is 0 Å². The van der Waals surface area contributed by atoms with Crippen molar-refractivity contribution in [3.63, 3.8) is 0 Å². The van der Waals surface area contributed by atoms with Gasteiger partial charge in [0, 0.05) is 34.3 Å². The molecule has 0 N–H and O–H groups in total. The summed E-state index contributed by atoms with van der Waals surface area (Å²) in [6, 6.07) is 26.3. The summed E-state index contributed by atoms with van der Waals surface area (Å²) in [5, 5.41) is 6.05. The fourth-order valence-electron chi connectivity index (χ4n) is 7.16. The van der Waals surface area contributed by atoms with Crippen molar-refractivity contribution in [2.45, 2.75) is 58.3 Å². The number of halogens is 1. The predicted octanol–water partition coefficient (Wildman–Crippen LogP) is 11.2. The lowest BCUT2D eigenvalue weighted by atomic mass is 9.74. The fraction of sp³-hybridized carbons (Fsp3) is 0.250. The van der Waals surface area contributed by atoms with Crippen molar-refractivity contribution in [1.29, 1.82) is 0 Å². The van der Waals surface area contributed by atoms with E-state index in [2.05, 4.69) is 150 Å². The van der Waals surface area contributed by atoms with Gasteiger partial charge in [0.25, 0.3) is 0 Å². The van der Waals surface area contributed by atoms with Gasteiger partial charge in [0.15, 0.2) is 0 Å². The maximum atomic E-state index is 7.01. The lowest BCUT2D eigenvalue weighted by Gasteiger charge is -2.30. The first kappa shape index (κ1) is 28.3. The average molecular weight is 570 g/mol. The molecule has 0 amide bonds. The Morgan fingerprint density at radius 1 is 0.881 bits per heavy atom. The Bertz CT molecular complexity index is 1870. The van der Waals surface area contributed by atoms with Gasteiger partial charge < -0.3 is 4.90 Å². The summed E-state index contributed by atoms with van der Waals surface area (Å²) in [5.74, 6) is 0. The van der Waals surface area contributed by atoms with Crippen molar-refractivity contribution < 1.29 is 0 Å². The molecule has 1 aliphatic heterocycles. The number of aryl methyl sites for hydroxylation is 1. The van der Waals surface area contributed by atoms with Crippen molar-refractivity contribution >= 4 is 38.8 Å². The molecule has 1 heterocycles. The average Bonchev–Trinajstić information content (AvgIpc) is 3.42. The third kappa shape index (κ3) is 4.56. The van der Waals surface area contributed by atoms with E-state index >= 15 is 0 Å². The van der Waals surface area contributed by atoms with Gasteiger partial charge in [-0.1, -0.05) is 131 Å². The molecule has 0 spiro atoms. The van der Waals surface area contributed by atoms with Crippen LogP contribution in [0.1, 0.15) is 57.2 Å². The summed E-state index contributed by atoms with van der Waals surface area (Å²) in [7, 11) is 2.18. The van der Waals surface area contributed by atoms with E-state index in [9.17, 15) is 0 Å².